The quantitative estimate of drug-likeness (QED) is 0.546. The molecular weight excluding hydrogens is 352 g/mol. The molecule has 0 fully saturated rings. The van der Waals surface area contributed by atoms with Crippen LogP contribution in [0.5, 0.6) is 0 Å². The molecule has 6 heteroatoms. The smallest absolute Gasteiger partial charge is 0.277 e. The number of amides is 1. The van der Waals surface area contributed by atoms with Gasteiger partial charge in [0.1, 0.15) is 0 Å². The lowest BCUT2D eigenvalue weighted by atomic mass is 10.1. The van der Waals surface area contributed by atoms with E-state index in [4.69, 9.17) is 4.52 Å². The molecule has 28 heavy (non-hydrogen) atoms. The van der Waals surface area contributed by atoms with Crippen LogP contribution in [0.4, 0.5) is 5.69 Å². The third kappa shape index (κ3) is 4.17. The van der Waals surface area contributed by atoms with Crippen LogP contribution in [0, 0.1) is 6.92 Å². The minimum absolute atomic E-state index is 0.229. The minimum Gasteiger partial charge on any atom is -0.355 e. The highest BCUT2D eigenvalue weighted by Gasteiger charge is 2.14. The Bertz CT molecular complexity index is 1070. The van der Waals surface area contributed by atoms with Crippen LogP contribution in [-0.4, -0.2) is 20.8 Å². The first kappa shape index (κ1) is 17.7. The zero-order valence-corrected chi connectivity index (χ0v) is 15.5. The van der Waals surface area contributed by atoms with Gasteiger partial charge in [0.2, 0.25) is 0 Å². The Morgan fingerprint density at radius 1 is 1.11 bits per heavy atom. The number of rotatable bonds is 6. The number of nitrogens with one attached hydrogen (secondary N) is 1. The van der Waals surface area contributed by atoms with Gasteiger partial charge in [-0.15, -0.1) is 0 Å². The highest BCUT2D eigenvalue weighted by molar-refractivity contribution is 6.03. The number of nitrogens with zero attached hydrogens (tertiary/aromatic N) is 3. The first-order chi connectivity index (χ1) is 13.7. The van der Waals surface area contributed by atoms with Crippen LogP contribution in [0.25, 0.3) is 11.3 Å². The van der Waals surface area contributed by atoms with Crippen LogP contribution >= 0.6 is 0 Å². The Balaban J connectivity index is 1.37. The lowest BCUT2D eigenvalue weighted by Gasteiger charge is -2.01. The van der Waals surface area contributed by atoms with Gasteiger partial charge in [0.05, 0.1) is 11.9 Å². The highest BCUT2D eigenvalue weighted by Crippen LogP contribution is 2.21. The average molecular weight is 372 g/mol. The Kier molecular flexibility index (Phi) is 5.01. The molecule has 4 aromatic rings. The van der Waals surface area contributed by atoms with Crippen molar-refractivity contribution in [3.63, 3.8) is 0 Å². The SMILES string of the molecule is Cc1ccc(-c2cc(C(=O)Nc3cnn(CCc4ccccc4)c3)no2)cc1. The first-order valence-electron chi connectivity index (χ1n) is 9.09. The molecule has 140 valence electrons. The molecule has 1 amide bonds. The molecule has 0 atom stereocenters. The van der Waals surface area contributed by atoms with Crippen molar-refractivity contribution in [3.05, 3.63) is 89.9 Å². The third-order valence-electron chi connectivity index (χ3n) is 4.44. The second-order valence-electron chi connectivity index (χ2n) is 6.62. The molecule has 0 saturated heterocycles. The van der Waals surface area contributed by atoms with Crippen molar-refractivity contribution in [2.24, 2.45) is 0 Å². The molecule has 0 aliphatic rings. The predicted octanol–water partition coefficient (Wildman–Crippen LogP) is 4.34. The number of carbonyl (C=O) groups is 1. The van der Waals surface area contributed by atoms with Crippen molar-refractivity contribution >= 4 is 11.6 Å². The molecule has 2 heterocycles. The summed E-state index contributed by atoms with van der Waals surface area (Å²) in [6, 6.07) is 19.7. The van der Waals surface area contributed by atoms with E-state index in [0.717, 1.165) is 24.1 Å². The van der Waals surface area contributed by atoms with E-state index in [9.17, 15) is 4.79 Å². The van der Waals surface area contributed by atoms with Gasteiger partial charge in [0.15, 0.2) is 11.5 Å². The summed E-state index contributed by atoms with van der Waals surface area (Å²) in [6.07, 6.45) is 4.31. The monoisotopic (exact) mass is 372 g/mol. The van der Waals surface area contributed by atoms with Crippen LogP contribution in [0.3, 0.4) is 0 Å². The molecule has 1 N–H and O–H groups in total. The topological polar surface area (TPSA) is 73.0 Å². The Morgan fingerprint density at radius 3 is 2.68 bits per heavy atom. The normalized spacial score (nSPS) is 10.8. The fraction of sp³-hybridized carbons (Fsp3) is 0.136. The van der Waals surface area contributed by atoms with Gasteiger partial charge in [-0.2, -0.15) is 5.10 Å². The lowest BCUT2D eigenvalue weighted by molar-refractivity contribution is 0.101. The molecule has 6 nitrogen and oxygen atoms in total. The standard InChI is InChI=1S/C22H20N4O2/c1-16-7-9-18(10-8-16)21-13-20(25-28-21)22(27)24-19-14-23-26(15-19)12-11-17-5-3-2-4-6-17/h2-10,13-15H,11-12H2,1H3,(H,24,27). The molecule has 0 aliphatic carbocycles. The zero-order chi connectivity index (χ0) is 19.3. The number of hydrogen-bond acceptors (Lipinski definition) is 4. The largest absolute Gasteiger partial charge is 0.355 e. The van der Waals surface area contributed by atoms with Gasteiger partial charge in [-0.05, 0) is 18.9 Å². The second kappa shape index (κ2) is 7.92. The number of benzene rings is 2. The zero-order valence-electron chi connectivity index (χ0n) is 15.5. The molecular formula is C22H20N4O2. The maximum Gasteiger partial charge on any atom is 0.277 e. The van der Waals surface area contributed by atoms with Crippen molar-refractivity contribution in [1.82, 2.24) is 14.9 Å². The summed E-state index contributed by atoms with van der Waals surface area (Å²) in [5.74, 6) is 0.230. The molecule has 0 saturated carbocycles. The van der Waals surface area contributed by atoms with Crippen molar-refractivity contribution < 1.29 is 9.32 Å². The van der Waals surface area contributed by atoms with Crippen molar-refractivity contribution in [2.75, 3.05) is 5.32 Å². The fourth-order valence-electron chi connectivity index (χ4n) is 2.87. The van der Waals surface area contributed by atoms with Gasteiger partial charge in [-0.3, -0.25) is 9.48 Å². The van der Waals surface area contributed by atoms with Crippen molar-refractivity contribution in [1.29, 1.82) is 0 Å². The third-order valence-corrected chi connectivity index (χ3v) is 4.44. The number of aromatic nitrogens is 3. The summed E-state index contributed by atoms with van der Waals surface area (Å²) < 4.78 is 7.12. The van der Waals surface area contributed by atoms with E-state index in [1.165, 1.54) is 5.56 Å². The molecule has 0 unspecified atom stereocenters. The van der Waals surface area contributed by atoms with Gasteiger partial charge < -0.3 is 9.84 Å². The summed E-state index contributed by atoms with van der Waals surface area (Å²) in [4.78, 5) is 12.4. The van der Waals surface area contributed by atoms with Crippen LogP contribution in [0.2, 0.25) is 0 Å². The van der Waals surface area contributed by atoms with Gasteiger partial charge in [-0.25, -0.2) is 0 Å². The summed E-state index contributed by atoms with van der Waals surface area (Å²) in [5, 5.41) is 11.0. The minimum atomic E-state index is -0.329. The predicted molar refractivity (Wildman–Crippen MR) is 107 cm³/mol. The Morgan fingerprint density at radius 2 is 1.89 bits per heavy atom. The van der Waals surface area contributed by atoms with E-state index in [0.29, 0.717) is 11.4 Å². The maximum absolute atomic E-state index is 12.4. The highest BCUT2D eigenvalue weighted by atomic mass is 16.5. The van der Waals surface area contributed by atoms with Gasteiger partial charge >= 0.3 is 0 Å². The number of carbonyl (C=O) groups excluding carboxylic acids is 1. The Hall–Kier alpha value is -3.67. The van der Waals surface area contributed by atoms with Gasteiger partial charge in [0, 0.05) is 24.4 Å². The van der Waals surface area contributed by atoms with E-state index in [1.807, 2.05) is 60.3 Å². The maximum atomic E-state index is 12.4. The molecule has 0 bridgehead atoms. The Labute approximate surface area is 162 Å². The van der Waals surface area contributed by atoms with Crippen LogP contribution in [0.1, 0.15) is 21.6 Å². The second-order valence-corrected chi connectivity index (χ2v) is 6.62. The van der Waals surface area contributed by atoms with Crippen LogP contribution in [-0.2, 0) is 13.0 Å². The summed E-state index contributed by atoms with van der Waals surface area (Å²) in [6.45, 7) is 2.75. The van der Waals surface area contributed by atoms with E-state index in [1.54, 1.807) is 12.3 Å². The summed E-state index contributed by atoms with van der Waals surface area (Å²) in [5.41, 5.74) is 4.14. The molecule has 4 rings (SSSR count). The molecule has 2 aromatic carbocycles. The van der Waals surface area contributed by atoms with Crippen LogP contribution < -0.4 is 5.32 Å². The van der Waals surface area contributed by atoms with Crippen molar-refractivity contribution in [3.8, 4) is 11.3 Å². The van der Waals surface area contributed by atoms with Gasteiger partial charge in [-0.1, -0.05) is 65.3 Å². The lowest BCUT2D eigenvalue weighted by Crippen LogP contribution is -2.11. The van der Waals surface area contributed by atoms with E-state index in [-0.39, 0.29) is 11.6 Å². The van der Waals surface area contributed by atoms with E-state index < -0.39 is 0 Å². The van der Waals surface area contributed by atoms with E-state index in [2.05, 4.69) is 27.7 Å². The van der Waals surface area contributed by atoms with Gasteiger partial charge in [0.25, 0.3) is 5.91 Å². The fourth-order valence-corrected chi connectivity index (χ4v) is 2.87. The molecule has 2 aromatic heterocycles. The number of aryl methyl sites for hydroxylation is 3. The molecule has 0 aliphatic heterocycles. The van der Waals surface area contributed by atoms with E-state index >= 15 is 0 Å². The van der Waals surface area contributed by atoms with Crippen LogP contribution in [0.15, 0.2) is 77.6 Å². The average Bonchev–Trinajstić information content (AvgIpc) is 3.38. The number of hydrogen-bond donors (Lipinski definition) is 1. The van der Waals surface area contributed by atoms with Crippen molar-refractivity contribution in [2.45, 2.75) is 19.9 Å². The first-order valence-corrected chi connectivity index (χ1v) is 9.09. The molecule has 0 spiro atoms. The molecule has 0 radical (unpaired) electrons. The number of anilines is 1. The summed E-state index contributed by atoms with van der Waals surface area (Å²) in [7, 11) is 0. The summed E-state index contributed by atoms with van der Waals surface area (Å²) >= 11 is 0.